The van der Waals surface area contributed by atoms with E-state index in [2.05, 4.69) is 89.1 Å². The Balaban J connectivity index is 1.14. The number of H-pyrrole nitrogens is 3. The molecule has 15 amide bonds. The van der Waals surface area contributed by atoms with Crippen LogP contribution in [-0.4, -0.2) is 273 Å². The number of aromatic nitrogens is 4. The van der Waals surface area contributed by atoms with Crippen molar-refractivity contribution in [1.82, 2.24) is 98.9 Å². The summed E-state index contributed by atoms with van der Waals surface area (Å²) < 4.78 is 0. The van der Waals surface area contributed by atoms with Gasteiger partial charge in [-0.3, -0.25) is 81.5 Å². The third-order valence-electron chi connectivity index (χ3n) is 21.1. The van der Waals surface area contributed by atoms with Gasteiger partial charge in [-0.1, -0.05) is 99.5 Å². The van der Waals surface area contributed by atoms with Crippen LogP contribution in [0.3, 0.4) is 0 Å². The number of carbonyl (C=O) groups is 17. The number of hydrogen-bond acceptors (Lipinski definition) is 22. The summed E-state index contributed by atoms with van der Waals surface area (Å²) in [5.74, 6) is -20.8. The number of nitrogens with one attached hydrogen (secondary N) is 16. The van der Waals surface area contributed by atoms with Crippen molar-refractivity contribution in [3.63, 3.8) is 0 Å². The summed E-state index contributed by atoms with van der Waals surface area (Å²) in [6.07, 6.45) is 0.705. The molecule has 0 aliphatic carbocycles. The zero-order valence-electron chi connectivity index (χ0n) is 68.2. The van der Waals surface area contributed by atoms with Crippen LogP contribution in [0.1, 0.15) is 124 Å². The minimum atomic E-state index is -1.99. The minimum absolute atomic E-state index is 0.0137. The highest BCUT2D eigenvalue weighted by molar-refractivity contribution is 8.76. The number of aromatic amines is 3. The van der Waals surface area contributed by atoms with Gasteiger partial charge < -0.3 is 115 Å². The molecule has 0 unspecified atom stereocenters. The summed E-state index contributed by atoms with van der Waals surface area (Å²) in [6, 6.07) is -9.87. The van der Waals surface area contributed by atoms with Crippen LogP contribution in [0.25, 0.3) is 21.8 Å². The Morgan fingerprint density at radius 2 is 1.01 bits per heavy atom. The Bertz CT molecular complexity index is 4630. The van der Waals surface area contributed by atoms with E-state index >= 15 is 24.0 Å². The lowest BCUT2D eigenvalue weighted by Gasteiger charge is -2.34. The molecular formula is C79H108N20O20S2. The third-order valence-corrected chi connectivity index (χ3v) is 23.5. The summed E-state index contributed by atoms with van der Waals surface area (Å²) in [5, 5.41) is 66.5. The largest absolute Gasteiger partial charge is 0.481 e. The molecule has 4 aliphatic heterocycles. The molecule has 121 heavy (non-hydrogen) atoms. The number of hydrogen-bond donors (Lipinski definition) is 20. The van der Waals surface area contributed by atoms with Crippen molar-refractivity contribution in [1.29, 1.82) is 0 Å². The van der Waals surface area contributed by atoms with E-state index in [1.807, 2.05) is 0 Å². The number of rotatable bonds is 17. The molecule has 21 N–H and O–H groups in total. The van der Waals surface area contributed by atoms with Gasteiger partial charge in [0, 0.05) is 102 Å². The van der Waals surface area contributed by atoms with Crippen LogP contribution in [-0.2, 0) is 101 Å². The molecule has 40 nitrogen and oxygen atoms in total. The number of nitrogens with two attached hydrogens (primary N) is 1. The lowest BCUT2D eigenvalue weighted by Crippen LogP contribution is -2.63. The van der Waals surface area contributed by atoms with Crippen molar-refractivity contribution in [3.05, 3.63) is 90.3 Å². The van der Waals surface area contributed by atoms with Crippen LogP contribution < -0.4 is 74.9 Å². The normalized spacial score (nSPS) is 27.0. The number of carboxylic acid groups (broad SMARTS) is 2. The van der Waals surface area contributed by atoms with Crippen molar-refractivity contribution in [2.45, 2.75) is 223 Å². The monoisotopic (exact) mass is 1720 g/mol. The van der Waals surface area contributed by atoms with Crippen molar-refractivity contribution in [2.24, 2.45) is 23.5 Å². The van der Waals surface area contributed by atoms with Crippen molar-refractivity contribution >= 4 is 144 Å². The van der Waals surface area contributed by atoms with Crippen LogP contribution in [0.5, 0.6) is 0 Å². The predicted octanol–water partition coefficient (Wildman–Crippen LogP) is -2.85. The number of carboxylic acids is 2. The highest BCUT2D eigenvalue weighted by atomic mass is 33.1. The lowest BCUT2D eigenvalue weighted by atomic mass is 9.98. The van der Waals surface area contributed by atoms with Crippen LogP contribution in [0.15, 0.2) is 73.4 Å². The molecule has 0 radical (unpaired) electrons. The molecule has 5 aromatic rings. The number of amides is 15. The molecule has 9 rings (SSSR count). The fourth-order valence-corrected chi connectivity index (χ4v) is 17.1. The fourth-order valence-electron chi connectivity index (χ4n) is 14.8. The molecule has 42 heteroatoms. The molecule has 3 aromatic heterocycles. The van der Waals surface area contributed by atoms with Gasteiger partial charge in [-0.15, -0.1) is 0 Å². The molecule has 7 heterocycles. The second-order valence-electron chi connectivity index (χ2n) is 32.0. The van der Waals surface area contributed by atoms with Gasteiger partial charge in [0.2, 0.25) is 88.6 Å². The lowest BCUT2D eigenvalue weighted by molar-refractivity contribution is -0.149. The van der Waals surface area contributed by atoms with Gasteiger partial charge in [0.1, 0.15) is 84.6 Å². The number of para-hydroxylation sites is 2. The summed E-state index contributed by atoms with van der Waals surface area (Å²) in [4.78, 5) is 263. The third kappa shape index (κ3) is 25.7. The topological polar surface area (TPSA) is 600 Å². The molecule has 0 spiro atoms. The Morgan fingerprint density at radius 1 is 0.512 bits per heavy atom. The highest BCUT2D eigenvalue weighted by Gasteiger charge is 2.48. The van der Waals surface area contributed by atoms with E-state index in [4.69, 9.17) is 5.73 Å². The van der Waals surface area contributed by atoms with E-state index in [1.54, 1.807) is 102 Å². The van der Waals surface area contributed by atoms with E-state index in [0.717, 1.165) is 31.4 Å². The number of imidazole rings is 1. The van der Waals surface area contributed by atoms with Crippen molar-refractivity contribution in [2.75, 3.05) is 31.1 Å². The summed E-state index contributed by atoms with van der Waals surface area (Å²) in [5.41, 5.74) is 8.89. The predicted molar refractivity (Wildman–Crippen MR) is 440 cm³/mol. The van der Waals surface area contributed by atoms with Gasteiger partial charge >= 0.3 is 11.9 Å². The van der Waals surface area contributed by atoms with E-state index in [9.17, 15) is 72.9 Å². The van der Waals surface area contributed by atoms with Crippen LogP contribution in [0.4, 0.5) is 0 Å². The van der Waals surface area contributed by atoms with E-state index in [-0.39, 0.29) is 76.3 Å². The number of aliphatic hydroxyl groups is 1. The maximum absolute atomic E-state index is 15.5. The first-order chi connectivity index (χ1) is 57.4. The first-order valence-corrected chi connectivity index (χ1v) is 42.6. The Morgan fingerprint density at radius 3 is 1.55 bits per heavy atom. The van der Waals surface area contributed by atoms with Gasteiger partial charge in [0.05, 0.1) is 25.4 Å². The summed E-state index contributed by atoms with van der Waals surface area (Å²) in [6.45, 7) is 11.2. The SMILES string of the molecule is CC(C)C[C@@H]1NC(=O)[C@H](Cc2cnc[nH]2)NC(=O)[C@H](Cc2c[nH]c3ccccc23)NC(=O)[C@H](C)NC(=O)[C@@H]2CSSC[C@H](NC(=O)[C@H](Cc3c[nH]c4ccccc34)NC(=O)[C@H](C(C)C)NC(=O)[C@H](CC(C)C)NC(=O)[C@H](CCC(=O)O)NC(=O)CNC1=O)C(=O)N[C@@H]([C@@H](C)O)C(=O)N1CCC[C@@H]1C(=O)N1C[C@@H](N)C[C@H]1C(=O)N[C@@H](CC(=O)O)C(=O)N2. The van der Waals surface area contributed by atoms with Gasteiger partial charge in [0.25, 0.3) is 0 Å². The molecule has 16 atom stereocenters. The molecule has 2 aromatic carbocycles. The summed E-state index contributed by atoms with van der Waals surface area (Å²) in [7, 11) is 1.55. The molecule has 656 valence electrons. The highest BCUT2D eigenvalue weighted by Crippen LogP contribution is 2.29. The number of nitrogens with zero attached hydrogens (tertiary/aromatic N) is 3. The number of fused-ring (bicyclic) bond motifs is 9. The number of benzene rings is 2. The number of carbonyl (C=O) groups excluding carboxylic acids is 15. The van der Waals surface area contributed by atoms with E-state index < -0.39 is 241 Å². The zero-order valence-corrected chi connectivity index (χ0v) is 69.9. The maximum atomic E-state index is 15.5. The Hall–Kier alpha value is -11.7. The Labute approximate surface area is 703 Å². The molecule has 4 saturated heterocycles. The van der Waals surface area contributed by atoms with E-state index in [1.165, 1.54) is 26.4 Å². The van der Waals surface area contributed by atoms with Crippen LogP contribution in [0, 0.1) is 17.8 Å². The fraction of sp³-hybridized carbons (Fsp3) is 0.544. The van der Waals surface area contributed by atoms with Gasteiger partial charge in [0.15, 0.2) is 0 Å². The minimum Gasteiger partial charge on any atom is -0.481 e. The van der Waals surface area contributed by atoms with Gasteiger partial charge in [-0.05, 0) is 93.4 Å². The smallest absolute Gasteiger partial charge is 0.305 e. The van der Waals surface area contributed by atoms with Gasteiger partial charge in [-0.2, -0.15) is 0 Å². The average Bonchev–Trinajstić information content (AvgIpc) is 1.66. The zero-order chi connectivity index (χ0) is 88.2. The molecular weight excluding hydrogens is 1610 g/mol. The van der Waals surface area contributed by atoms with Crippen LogP contribution >= 0.6 is 21.6 Å². The second kappa shape index (κ2) is 43.0. The molecule has 4 aliphatic rings. The standard InChI is InChI=1S/C79H108N20O20S2/c1-37(2)22-51-67(107)84-32-61(101)87-50(19-20-62(102)103)68(108)90-52(23-38(3)4)73(113)96-64(39(5)6)77(117)93-54(25-43-30-83-49-17-12-10-15-47(43)49)70(110)95-58-35-121-120-34-57(74(114)86-40(7)66(106)88-53(24-42-29-82-48-16-11-9-14-46(42)48)69(109)91-55(71(111)89-51)27-45-31-81-36-85-45)94-72(112)56(28-63(104)105)92-76(116)60-26-44(80)33-99(60)78(118)59-18-13-21-98(59)79(119)65(41(8)100)97-75(58)115/h9-12,14-17,29-31,36-41,44,50-60,64-65,82-83,100H,13,18-28,32-35,80H2,1-8H3,(H,81,85)(H,84,107)(H,86,114)(H,87,101)(H,88,106)(H,89,111)(H,90,108)(H,91,109)(H,92,116)(H,93,117)(H,94,112)(H,95,110)(H,96,113)(H,97,115)(H,102,103)(H,104,105)/t40-,41+,44-,50-,51-,52-,53-,54-,55-,56-,57-,58-,59+,60-,64-,65-/m0/s1. The van der Waals surface area contributed by atoms with E-state index in [0.29, 0.717) is 38.6 Å². The van der Waals surface area contributed by atoms with Crippen molar-refractivity contribution < 1.29 is 96.8 Å². The Kier molecular flexibility index (Phi) is 33.1. The molecule has 2 bridgehead atoms. The van der Waals surface area contributed by atoms with Crippen molar-refractivity contribution in [3.8, 4) is 0 Å². The first kappa shape index (κ1) is 93.2. The second-order valence-corrected chi connectivity index (χ2v) is 34.5. The molecule has 4 fully saturated rings. The summed E-state index contributed by atoms with van der Waals surface area (Å²) >= 11 is 0. The first-order valence-electron chi connectivity index (χ1n) is 40.1. The number of aliphatic hydroxyl groups excluding tert-OH is 1. The maximum Gasteiger partial charge on any atom is 0.305 e. The molecule has 0 saturated carbocycles. The quantitative estimate of drug-likeness (QED) is 0.0417. The number of aliphatic carboxylic acids is 2. The van der Waals surface area contributed by atoms with Gasteiger partial charge in [-0.25, -0.2) is 4.98 Å². The average molecular weight is 1720 g/mol. The van der Waals surface area contributed by atoms with Crippen LogP contribution in [0.2, 0.25) is 0 Å².